The number of nitrogens with one attached hydrogen (secondary N) is 1. The summed E-state index contributed by atoms with van der Waals surface area (Å²) in [6.07, 6.45) is 2.48. The van der Waals surface area contributed by atoms with Crippen LogP contribution in [0.5, 0.6) is 0 Å². The minimum Gasteiger partial charge on any atom is -0.353 e. The lowest BCUT2D eigenvalue weighted by molar-refractivity contribution is 0.915. The molecule has 0 spiro atoms. The predicted octanol–water partition coefficient (Wildman–Crippen LogP) is 3.95. The summed E-state index contributed by atoms with van der Waals surface area (Å²) < 4.78 is 0. The van der Waals surface area contributed by atoms with Gasteiger partial charge in [0.2, 0.25) is 5.95 Å². The van der Waals surface area contributed by atoms with Crippen molar-refractivity contribution in [3.05, 3.63) is 71.4 Å². The van der Waals surface area contributed by atoms with E-state index in [4.69, 9.17) is 11.6 Å². The van der Waals surface area contributed by atoms with Gasteiger partial charge in [0.25, 0.3) is 0 Å². The molecule has 0 aliphatic carbocycles. The number of hydrogen-bond donors (Lipinski definition) is 1. The summed E-state index contributed by atoms with van der Waals surface area (Å²) in [5.74, 6) is 1.25. The summed E-state index contributed by atoms with van der Waals surface area (Å²) in [4.78, 5) is 6.48. The second-order valence-electron chi connectivity index (χ2n) is 5.34. The van der Waals surface area contributed by atoms with Crippen LogP contribution in [0.4, 0.5) is 17.5 Å². The van der Waals surface area contributed by atoms with E-state index >= 15 is 0 Å². The van der Waals surface area contributed by atoms with E-state index in [0.717, 1.165) is 22.9 Å². The summed E-state index contributed by atoms with van der Waals surface area (Å²) in [7, 11) is 1.95. The van der Waals surface area contributed by atoms with E-state index in [1.807, 2.05) is 66.5 Å². The largest absolute Gasteiger partial charge is 0.353 e. The standard InChI is InChI=1S/C18H18ClN5/c1-24(16-8-3-2-4-9-16)17-13-21-23-18(22-17)20-11-10-14-6-5-7-15(19)12-14/h2-9,12-13H,10-11H2,1H3,(H,20,22,23). The van der Waals surface area contributed by atoms with Gasteiger partial charge in [0.05, 0.1) is 6.20 Å². The van der Waals surface area contributed by atoms with Crippen molar-refractivity contribution in [3.63, 3.8) is 0 Å². The summed E-state index contributed by atoms with van der Waals surface area (Å²) in [5.41, 5.74) is 2.21. The van der Waals surface area contributed by atoms with Crippen LogP contribution in [0.3, 0.4) is 0 Å². The number of anilines is 3. The van der Waals surface area contributed by atoms with E-state index in [1.54, 1.807) is 6.20 Å². The molecule has 0 saturated carbocycles. The first-order valence-electron chi connectivity index (χ1n) is 7.69. The second kappa shape index (κ2) is 7.75. The lowest BCUT2D eigenvalue weighted by Gasteiger charge is -2.18. The molecule has 1 aromatic heterocycles. The van der Waals surface area contributed by atoms with Crippen LogP contribution in [0.1, 0.15) is 5.56 Å². The Balaban J connectivity index is 1.63. The van der Waals surface area contributed by atoms with Crippen molar-refractivity contribution in [2.24, 2.45) is 0 Å². The first-order valence-corrected chi connectivity index (χ1v) is 8.07. The highest BCUT2D eigenvalue weighted by Gasteiger charge is 2.07. The van der Waals surface area contributed by atoms with E-state index in [9.17, 15) is 0 Å². The molecule has 0 radical (unpaired) electrons. The fraction of sp³-hybridized carbons (Fsp3) is 0.167. The summed E-state index contributed by atoms with van der Waals surface area (Å²) in [6.45, 7) is 0.709. The Morgan fingerprint density at radius 2 is 1.92 bits per heavy atom. The third-order valence-electron chi connectivity index (χ3n) is 3.62. The lowest BCUT2D eigenvalue weighted by Crippen LogP contribution is -2.14. The quantitative estimate of drug-likeness (QED) is 0.737. The Labute approximate surface area is 146 Å². The molecule has 0 fully saturated rings. The minimum absolute atomic E-state index is 0.511. The fourth-order valence-electron chi connectivity index (χ4n) is 2.33. The topological polar surface area (TPSA) is 53.9 Å². The third kappa shape index (κ3) is 4.20. The van der Waals surface area contributed by atoms with Crippen molar-refractivity contribution in [1.29, 1.82) is 0 Å². The molecule has 0 unspecified atom stereocenters. The monoisotopic (exact) mass is 339 g/mol. The van der Waals surface area contributed by atoms with Gasteiger partial charge < -0.3 is 10.2 Å². The average Bonchev–Trinajstić information content (AvgIpc) is 2.62. The average molecular weight is 340 g/mol. The van der Waals surface area contributed by atoms with Crippen LogP contribution in [0.25, 0.3) is 0 Å². The first kappa shape index (κ1) is 16.2. The third-order valence-corrected chi connectivity index (χ3v) is 3.85. The molecule has 0 atom stereocenters. The summed E-state index contributed by atoms with van der Waals surface area (Å²) in [6, 6.07) is 17.8. The highest BCUT2D eigenvalue weighted by Crippen LogP contribution is 2.20. The zero-order valence-corrected chi connectivity index (χ0v) is 14.1. The number of rotatable bonds is 6. The van der Waals surface area contributed by atoms with Crippen LogP contribution in [-0.4, -0.2) is 28.8 Å². The number of hydrogen-bond acceptors (Lipinski definition) is 5. The number of para-hydroxylation sites is 1. The molecule has 122 valence electrons. The van der Waals surface area contributed by atoms with Gasteiger partial charge in [0.1, 0.15) is 0 Å². The van der Waals surface area contributed by atoms with Crippen LogP contribution in [0.15, 0.2) is 60.8 Å². The maximum Gasteiger partial charge on any atom is 0.244 e. The lowest BCUT2D eigenvalue weighted by atomic mass is 10.1. The van der Waals surface area contributed by atoms with Crippen LogP contribution in [0.2, 0.25) is 5.02 Å². The number of benzene rings is 2. The number of aromatic nitrogens is 3. The van der Waals surface area contributed by atoms with Gasteiger partial charge in [-0.2, -0.15) is 10.1 Å². The zero-order valence-electron chi connectivity index (χ0n) is 13.4. The normalized spacial score (nSPS) is 10.4. The molecular weight excluding hydrogens is 322 g/mol. The van der Waals surface area contributed by atoms with Gasteiger partial charge >= 0.3 is 0 Å². The highest BCUT2D eigenvalue weighted by molar-refractivity contribution is 6.30. The molecule has 3 aromatic rings. The maximum absolute atomic E-state index is 5.99. The predicted molar refractivity (Wildman–Crippen MR) is 98.0 cm³/mol. The van der Waals surface area contributed by atoms with Gasteiger partial charge in [-0.15, -0.1) is 5.10 Å². The van der Waals surface area contributed by atoms with E-state index < -0.39 is 0 Å². The molecule has 0 amide bonds. The van der Waals surface area contributed by atoms with Gasteiger partial charge in [-0.1, -0.05) is 41.9 Å². The Morgan fingerprint density at radius 1 is 1.08 bits per heavy atom. The Morgan fingerprint density at radius 3 is 2.71 bits per heavy atom. The van der Waals surface area contributed by atoms with Crippen molar-refractivity contribution in [1.82, 2.24) is 15.2 Å². The zero-order chi connectivity index (χ0) is 16.8. The fourth-order valence-corrected chi connectivity index (χ4v) is 2.54. The van der Waals surface area contributed by atoms with E-state index in [2.05, 4.69) is 20.5 Å². The Bertz CT molecular complexity index is 794. The SMILES string of the molecule is CN(c1ccccc1)c1cnnc(NCCc2cccc(Cl)c2)n1. The molecule has 0 saturated heterocycles. The van der Waals surface area contributed by atoms with Crippen molar-refractivity contribution >= 4 is 29.1 Å². The highest BCUT2D eigenvalue weighted by atomic mass is 35.5. The van der Waals surface area contributed by atoms with Crippen molar-refractivity contribution < 1.29 is 0 Å². The molecule has 0 aliphatic heterocycles. The molecule has 6 heteroatoms. The second-order valence-corrected chi connectivity index (χ2v) is 5.78. The molecule has 0 aliphatic rings. The van der Waals surface area contributed by atoms with Crippen LogP contribution in [0, 0.1) is 0 Å². The van der Waals surface area contributed by atoms with Crippen molar-refractivity contribution in [3.8, 4) is 0 Å². The van der Waals surface area contributed by atoms with Crippen molar-refractivity contribution in [2.45, 2.75) is 6.42 Å². The van der Waals surface area contributed by atoms with E-state index in [-0.39, 0.29) is 0 Å². The van der Waals surface area contributed by atoms with Gasteiger partial charge in [-0.3, -0.25) is 0 Å². The van der Waals surface area contributed by atoms with E-state index in [1.165, 1.54) is 5.56 Å². The summed E-state index contributed by atoms with van der Waals surface area (Å²) in [5, 5.41) is 12.0. The molecular formula is C18H18ClN5. The van der Waals surface area contributed by atoms with Crippen molar-refractivity contribution in [2.75, 3.05) is 23.8 Å². The molecule has 24 heavy (non-hydrogen) atoms. The van der Waals surface area contributed by atoms with E-state index in [0.29, 0.717) is 12.5 Å². The smallest absolute Gasteiger partial charge is 0.244 e. The van der Waals surface area contributed by atoms with Gasteiger partial charge in [0.15, 0.2) is 5.82 Å². The van der Waals surface area contributed by atoms with Gasteiger partial charge in [-0.25, -0.2) is 0 Å². The summed E-state index contributed by atoms with van der Waals surface area (Å²) >= 11 is 5.99. The maximum atomic E-state index is 5.99. The Kier molecular flexibility index (Phi) is 5.23. The van der Waals surface area contributed by atoms with Crippen LogP contribution < -0.4 is 10.2 Å². The van der Waals surface area contributed by atoms with Crippen LogP contribution in [-0.2, 0) is 6.42 Å². The van der Waals surface area contributed by atoms with Crippen LogP contribution >= 0.6 is 11.6 Å². The number of halogens is 1. The molecule has 1 N–H and O–H groups in total. The molecule has 0 bridgehead atoms. The molecule has 2 aromatic carbocycles. The van der Waals surface area contributed by atoms with Gasteiger partial charge in [0, 0.05) is 24.3 Å². The minimum atomic E-state index is 0.511. The molecule has 5 nitrogen and oxygen atoms in total. The number of nitrogens with zero attached hydrogens (tertiary/aromatic N) is 4. The molecule has 3 rings (SSSR count). The molecule has 1 heterocycles. The van der Waals surface area contributed by atoms with Gasteiger partial charge in [-0.05, 0) is 36.2 Å². The first-order chi connectivity index (χ1) is 11.7. The Hall–Kier alpha value is -2.66.